The van der Waals surface area contributed by atoms with Crippen LogP contribution in [0.1, 0.15) is 30.6 Å². The number of ketones is 1. The molecule has 0 aromatic heterocycles. The molecular formula is C16H19N2O3+. The van der Waals surface area contributed by atoms with E-state index in [1.54, 1.807) is 12.1 Å². The molecule has 5 heteroatoms. The molecule has 0 saturated carbocycles. The Hall–Kier alpha value is -2.17. The van der Waals surface area contributed by atoms with Crippen molar-refractivity contribution in [2.45, 2.75) is 26.3 Å². The van der Waals surface area contributed by atoms with Crippen molar-refractivity contribution in [2.24, 2.45) is 11.8 Å². The molecule has 0 aliphatic carbocycles. The molecule has 1 aromatic carbocycles. The summed E-state index contributed by atoms with van der Waals surface area (Å²) in [5, 5.41) is 12.6. The molecule has 2 N–H and O–H groups in total. The van der Waals surface area contributed by atoms with Gasteiger partial charge >= 0.3 is 0 Å². The highest BCUT2D eigenvalue weighted by Crippen LogP contribution is 2.35. The fourth-order valence-corrected chi connectivity index (χ4v) is 3.25. The highest BCUT2D eigenvalue weighted by Gasteiger charge is 2.53. The first-order chi connectivity index (χ1) is 9.95. The third-order valence-electron chi connectivity index (χ3n) is 4.64. The van der Waals surface area contributed by atoms with Gasteiger partial charge < -0.3 is 10.4 Å². The number of hydrogen-bond donors (Lipinski definition) is 2. The Morgan fingerprint density at radius 3 is 2.76 bits per heavy atom. The van der Waals surface area contributed by atoms with Gasteiger partial charge in [-0.05, 0) is 18.1 Å². The van der Waals surface area contributed by atoms with Crippen molar-refractivity contribution in [1.29, 1.82) is 0 Å². The van der Waals surface area contributed by atoms with E-state index >= 15 is 0 Å². The Balaban J connectivity index is 2.22. The van der Waals surface area contributed by atoms with Crippen molar-refractivity contribution in [2.75, 3.05) is 7.05 Å². The number of phenolic OH excluding ortho intramolecular Hbond substituents is 1. The van der Waals surface area contributed by atoms with E-state index in [2.05, 4.69) is 19.2 Å². The Morgan fingerprint density at radius 2 is 2.10 bits per heavy atom. The van der Waals surface area contributed by atoms with Crippen LogP contribution >= 0.6 is 0 Å². The summed E-state index contributed by atoms with van der Waals surface area (Å²) in [6.07, 6.45) is 0.913. The molecule has 0 spiro atoms. The van der Waals surface area contributed by atoms with Crippen molar-refractivity contribution in [3.8, 4) is 5.75 Å². The van der Waals surface area contributed by atoms with E-state index in [9.17, 15) is 14.7 Å². The van der Waals surface area contributed by atoms with Gasteiger partial charge in [-0.3, -0.25) is 9.59 Å². The molecule has 2 aliphatic rings. The molecule has 110 valence electrons. The Kier molecular flexibility index (Phi) is 3.08. The summed E-state index contributed by atoms with van der Waals surface area (Å²) >= 11 is 0. The van der Waals surface area contributed by atoms with E-state index in [0.29, 0.717) is 11.3 Å². The van der Waals surface area contributed by atoms with E-state index in [1.807, 2.05) is 11.6 Å². The quantitative estimate of drug-likeness (QED) is 0.639. The second-order valence-electron chi connectivity index (χ2n) is 5.85. The number of amides is 1. The van der Waals surface area contributed by atoms with Crippen molar-refractivity contribution in [1.82, 2.24) is 5.32 Å². The number of nitrogens with one attached hydrogen (secondary N) is 1. The molecule has 0 bridgehead atoms. The van der Waals surface area contributed by atoms with E-state index in [1.165, 1.54) is 6.07 Å². The van der Waals surface area contributed by atoms with E-state index < -0.39 is 5.92 Å². The number of rotatable bonds is 2. The summed E-state index contributed by atoms with van der Waals surface area (Å²) in [7, 11) is 1.85. The Labute approximate surface area is 123 Å². The summed E-state index contributed by atoms with van der Waals surface area (Å²) in [4.78, 5) is 24.9. The number of carbonyl (C=O) groups is 2. The topological polar surface area (TPSA) is 69.4 Å². The molecule has 1 saturated heterocycles. The lowest BCUT2D eigenvalue weighted by Gasteiger charge is -2.21. The lowest BCUT2D eigenvalue weighted by atomic mass is 9.84. The maximum Gasteiger partial charge on any atom is 0.242 e. The summed E-state index contributed by atoms with van der Waals surface area (Å²) in [6.45, 7) is 4.13. The number of hydrogen-bond acceptors (Lipinski definition) is 3. The van der Waals surface area contributed by atoms with Crippen LogP contribution in [0.15, 0.2) is 18.2 Å². The molecule has 3 atom stereocenters. The van der Waals surface area contributed by atoms with Gasteiger partial charge in [0.2, 0.25) is 17.3 Å². The summed E-state index contributed by atoms with van der Waals surface area (Å²) in [5.41, 5.74) is 1.96. The molecule has 1 fully saturated rings. The predicted octanol–water partition coefficient (Wildman–Crippen LogP) is 1.46. The summed E-state index contributed by atoms with van der Waals surface area (Å²) in [6, 6.07) is 4.52. The first-order valence-electron chi connectivity index (χ1n) is 7.23. The van der Waals surface area contributed by atoms with E-state index in [-0.39, 0.29) is 29.4 Å². The molecule has 0 radical (unpaired) electrons. The van der Waals surface area contributed by atoms with Gasteiger partial charge in [-0.15, -0.1) is 0 Å². The third kappa shape index (κ3) is 1.87. The van der Waals surface area contributed by atoms with Crippen LogP contribution in [0.3, 0.4) is 0 Å². The Bertz CT molecular complexity index is 678. The maximum absolute atomic E-state index is 12.6. The number of carbonyl (C=O) groups excluding carboxylic acids is 2. The van der Waals surface area contributed by atoms with Gasteiger partial charge in [-0.25, -0.2) is 0 Å². The van der Waals surface area contributed by atoms with Crippen molar-refractivity contribution in [3.63, 3.8) is 0 Å². The van der Waals surface area contributed by atoms with Gasteiger partial charge in [-0.1, -0.05) is 20.3 Å². The first kappa shape index (κ1) is 13.8. The second kappa shape index (κ2) is 4.69. The number of benzene rings is 1. The lowest BCUT2D eigenvalue weighted by molar-refractivity contribution is -0.410. The average molecular weight is 287 g/mol. The second-order valence-corrected chi connectivity index (χ2v) is 5.85. The van der Waals surface area contributed by atoms with Crippen LogP contribution in [0, 0.1) is 11.8 Å². The molecule has 1 aromatic rings. The van der Waals surface area contributed by atoms with Crippen LogP contribution in [-0.4, -0.2) is 40.2 Å². The standard InChI is InChI=1S/C16H18N2O3/c1-4-8(2)13-14-12(16(21)17-13)15(20)10-6-5-9(19)7-11(10)18(14)3/h5-8,12-13H,4H2,1-3H3,(H-,17,19,20,21)/p+1/t8?,12?,13-/m0/s1. The zero-order valence-corrected chi connectivity index (χ0v) is 12.4. The summed E-state index contributed by atoms with van der Waals surface area (Å²) in [5.74, 6) is -0.758. The number of Topliss-reactive ketones (excluding diaryl/α,β-unsaturated/α-hetero) is 1. The zero-order valence-electron chi connectivity index (χ0n) is 12.4. The van der Waals surface area contributed by atoms with Crippen LogP contribution in [0.25, 0.3) is 0 Å². The third-order valence-corrected chi connectivity index (χ3v) is 4.64. The molecule has 2 aliphatic heterocycles. The Morgan fingerprint density at radius 1 is 1.38 bits per heavy atom. The molecule has 1 amide bonds. The van der Waals surface area contributed by atoms with Crippen molar-refractivity contribution in [3.05, 3.63) is 23.8 Å². The number of nitrogens with zero attached hydrogens (tertiary/aromatic N) is 1. The fourth-order valence-electron chi connectivity index (χ4n) is 3.25. The minimum Gasteiger partial charge on any atom is -0.508 e. The normalized spacial score (nSPS) is 25.5. The molecular weight excluding hydrogens is 268 g/mol. The highest BCUT2D eigenvalue weighted by molar-refractivity contribution is 6.30. The van der Waals surface area contributed by atoms with E-state index in [0.717, 1.165) is 12.1 Å². The maximum atomic E-state index is 12.6. The highest BCUT2D eigenvalue weighted by atomic mass is 16.3. The number of phenols is 1. The summed E-state index contributed by atoms with van der Waals surface area (Å²) < 4.78 is 1.88. The number of fused-ring (bicyclic) bond motifs is 2. The molecule has 5 nitrogen and oxygen atoms in total. The van der Waals surface area contributed by atoms with Gasteiger partial charge in [0.1, 0.15) is 18.8 Å². The smallest absolute Gasteiger partial charge is 0.242 e. The average Bonchev–Trinajstić information content (AvgIpc) is 2.81. The zero-order chi connectivity index (χ0) is 15.3. The molecule has 3 rings (SSSR count). The van der Waals surface area contributed by atoms with Crippen molar-refractivity contribution < 1.29 is 19.3 Å². The van der Waals surface area contributed by atoms with Gasteiger partial charge in [0.05, 0.1) is 11.6 Å². The lowest BCUT2D eigenvalue weighted by Crippen LogP contribution is -2.41. The van der Waals surface area contributed by atoms with Crippen LogP contribution in [0.2, 0.25) is 0 Å². The van der Waals surface area contributed by atoms with Crippen molar-refractivity contribution >= 4 is 23.1 Å². The predicted molar refractivity (Wildman–Crippen MR) is 78.2 cm³/mol. The number of aromatic hydroxyl groups is 1. The van der Waals surface area contributed by atoms with Gasteiger partial charge in [0.25, 0.3) is 0 Å². The minimum absolute atomic E-state index is 0.116. The first-order valence-corrected chi connectivity index (χ1v) is 7.23. The van der Waals surface area contributed by atoms with Gasteiger partial charge in [0, 0.05) is 0 Å². The molecule has 2 heterocycles. The SMILES string of the molecule is CCC(C)[C@@H]1NC(=O)C2C(=O)c3ccc(O)cc3[N+](C)=C21. The fraction of sp³-hybridized carbons (Fsp3) is 0.438. The van der Waals surface area contributed by atoms with E-state index in [4.69, 9.17) is 0 Å². The molecule has 2 unspecified atom stereocenters. The van der Waals surface area contributed by atoms with Crippen LogP contribution in [0.4, 0.5) is 5.69 Å². The van der Waals surface area contributed by atoms with Crippen LogP contribution in [0.5, 0.6) is 5.75 Å². The monoisotopic (exact) mass is 287 g/mol. The van der Waals surface area contributed by atoms with Crippen LogP contribution < -0.4 is 5.32 Å². The van der Waals surface area contributed by atoms with Gasteiger partial charge in [0.15, 0.2) is 11.7 Å². The largest absolute Gasteiger partial charge is 0.508 e. The molecule has 21 heavy (non-hydrogen) atoms. The minimum atomic E-state index is -0.731. The van der Waals surface area contributed by atoms with Gasteiger partial charge in [-0.2, -0.15) is 4.58 Å². The van der Waals surface area contributed by atoms with Crippen LogP contribution in [-0.2, 0) is 4.79 Å².